The first-order valence-electron chi connectivity index (χ1n) is 12.4. The lowest BCUT2D eigenvalue weighted by Crippen LogP contribution is -2.28. The molecule has 0 saturated carbocycles. The summed E-state index contributed by atoms with van der Waals surface area (Å²) in [5.41, 5.74) is 5.14. The van der Waals surface area contributed by atoms with Crippen molar-refractivity contribution < 1.29 is 28.3 Å². The van der Waals surface area contributed by atoms with E-state index in [-0.39, 0.29) is 19.0 Å². The first kappa shape index (κ1) is 26.5. The fourth-order valence-electron chi connectivity index (χ4n) is 4.14. The molecule has 1 amide bonds. The van der Waals surface area contributed by atoms with Crippen molar-refractivity contribution in [3.8, 4) is 28.2 Å². The number of nitrogens with zero attached hydrogens (tertiary/aromatic N) is 2. The Morgan fingerprint density at radius 3 is 2.08 bits per heavy atom. The van der Waals surface area contributed by atoms with Gasteiger partial charge in [0, 0.05) is 5.56 Å². The predicted octanol–water partition coefficient (Wildman–Crippen LogP) is 6.73. The van der Waals surface area contributed by atoms with Gasteiger partial charge >= 0.3 is 12.1 Å². The molecule has 0 N–H and O–H groups in total. The number of esters is 1. The van der Waals surface area contributed by atoms with Gasteiger partial charge in [0.2, 0.25) is 0 Å². The molecule has 0 aliphatic carbocycles. The average Bonchev–Trinajstić information content (AvgIpc) is 3.30. The Bertz CT molecular complexity index is 1390. The number of methoxy groups -OCH3 is 1. The molecule has 0 unspecified atom stereocenters. The summed E-state index contributed by atoms with van der Waals surface area (Å²) >= 11 is 0. The van der Waals surface area contributed by atoms with Crippen LogP contribution in [0.15, 0.2) is 77.3 Å². The van der Waals surface area contributed by atoms with Crippen LogP contribution in [0.5, 0.6) is 5.75 Å². The number of hydrogen-bond donors (Lipinski definition) is 0. The lowest BCUT2D eigenvalue weighted by atomic mass is 10.0. The highest BCUT2D eigenvalue weighted by Gasteiger charge is 2.30. The zero-order chi connectivity index (χ0) is 27.1. The van der Waals surface area contributed by atoms with Crippen LogP contribution in [0.25, 0.3) is 22.5 Å². The summed E-state index contributed by atoms with van der Waals surface area (Å²) in [6.45, 7) is 5.89. The predicted molar refractivity (Wildman–Crippen MR) is 145 cm³/mol. The van der Waals surface area contributed by atoms with E-state index < -0.39 is 6.09 Å². The van der Waals surface area contributed by atoms with Crippen molar-refractivity contribution >= 4 is 23.4 Å². The van der Waals surface area contributed by atoms with Gasteiger partial charge in [-0.2, -0.15) is 0 Å². The molecule has 8 nitrogen and oxygen atoms in total. The van der Waals surface area contributed by atoms with Crippen molar-refractivity contribution in [1.82, 2.24) is 5.16 Å². The standard InChI is InChI=1S/C30H30N2O6/c1-5-36-27(33)19-21-11-13-22(14-12-21)23-15-17-24(18-16-23)29-28(20(3)31-38-29)32(30(34)37-6-2)25-9-7-8-10-26(25)35-4/h7-18H,5-6,19H2,1-4H3. The van der Waals surface area contributed by atoms with E-state index in [0.29, 0.717) is 35.2 Å². The third-order valence-electron chi connectivity index (χ3n) is 5.92. The number of amides is 1. The van der Waals surface area contributed by atoms with E-state index in [9.17, 15) is 9.59 Å². The second kappa shape index (κ2) is 12.1. The fraction of sp³-hybridized carbons (Fsp3) is 0.233. The van der Waals surface area contributed by atoms with Gasteiger partial charge in [0.1, 0.15) is 17.1 Å². The minimum atomic E-state index is -0.566. The lowest BCUT2D eigenvalue weighted by Gasteiger charge is -2.23. The van der Waals surface area contributed by atoms with Crippen LogP contribution in [0.2, 0.25) is 0 Å². The van der Waals surface area contributed by atoms with Crippen LogP contribution in [0, 0.1) is 6.92 Å². The minimum absolute atomic E-state index is 0.206. The first-order valence-corrected chi connectivity index (χ1v) is 12.4. The van der Waals surface area contributed by atoms with Gasteiger partial charge in [-0.05, 0) is 49.6 Å². The van der Waals surface area contributed by atoms with Gasteiger partial charge in [-0.1, -0.05) is 65.8 Å². The molecule has 8 heteroatoms. The van der Waals surface area contributed by atoms with Gasteiger partial charge < -0.3 is 18.7 Å². The van der Waals surface area contributed by atoms with Crippen molar-refractivity contribution in [3.05, 3.63) is 84.1 Å². The van der Waals surface area contributed by atoms with Crippen LogP contribution in [0.4, 0.5) is 16.2 Å². The SMILES string of the molecule is CCOC(=O)Cc1ccc(-c2ccc(-c3onc(C)c3N(C(=O)OCC)c3ccccc3OC)cc2)cc1. The molecule has 0 atom stereocenters. The van der Waals surface area contributed by atoms with Gasteiger partial charge in [0.25, 0.3) is 0 Å². The smallest absolute Gasteiger partial charge is 0.419 e. The molecule has 0 aliphatic rings. The molecule has 196 valence electrons. The van der Waals surface area contributed by atoms with E-state index in [1.807, 2.05) is 60.7 Å². The molecule has 1 aromatic heterocycles. The number of rotatable bonds is 9. The van der Waals surface area contributed by atoms with Crippen LogP contribution in [0.3, 0.4) is 0 Å². The van der Waals surface area contributed by atoms with Crippen molar-refractivity contribution in [3.63, 3.8) is 0 Å². The number of ether oxygens (including phenoxy) is 3. The number of para-hydroxylation sites is 2. The number of hydrogen-bond acceptors (Lipinski definition) is 7. The third-order valence-corrected chi connectivity index (χ3v) is 5.92. The van der Waals surface area contributed by atoms with E-state index in [4.69, 9.17) is 18.7 Å². The van der Waals surface area contributed by atoms with Crippen molar-refractivity contribution in [2.24, 2.45) is 0 Å². The fourth-order valence-corrected chi connectivity index (χ4v) is 4.14. The van der Waals surface area contributed by atoms with Gasteiger partial charge in [-0.3, -0.25) is 4.79 Å². The molecule has 0 aliphatic heterocycles. The molecule has 4 rings (SSSR count). The van der Waals surface area contributed by atoms with Crippen LogP contribution >= 0.6 is 0 Å². The maximum Gasteiger partial charge on any atom is 0.419 e. The molecule has 0 fully saturated rings. The highest BCUT2D eigenvalue weighted by Crippen LogP contribution is 2.42. The number of anilines is 2. The van der Waals surface area contributed by atoms with E-state index in [0.717, 1.165) is 22.3 Å². The summed E-state index contributed by atoms with van der Waals surface area (Å²) in [7, 11) is 1.55. The second-order valence-electron chi connectivity index (χ2n) is 8.41. The Morgan fingerprint density at radius 2 is 1.45 bits per heavy atom. The quantitative estimate of drug-likeness (QED) is 0.229. The minimum Gasteiger partial charge on any atom is -0.495 e. The Morgan fingerprint density at radius 1 is 0.842 bits per heavy atom. The molecule has 38 heavy (non-hydrogen) atoms. The van der Waals surface area contributed by atoms with Crippen molar-refractivity contribution in [2.75, 3.05) is 25.2 Å². The van der Waals surface area contributed by atoms with Crippen LogP contribution in [-0.2, 0) is 20.7 Å². The van der Waals surface area contributed by atoms with Crippen LogP contribution in [0.1, 0.15) is 25.1 Å². The molecule has 1 heterocycles. The summed E-state index contributed by atoms with van der Waals surface area (Å²) in [6, 6.07) is 22.7. The van der Waals surface area contributed by atoms with Gasteiger partial charge in [-0.25, -0.2) is 9.69 Å². The topological polar surface area (TPSA) is 91.1 Å². The van der Waals surface area contributed by atoms with E-state index >= 15 is 0 Å². The largest absolute Gasteiger partial charge is 0.495 e. The Hall–Kier alpha value is -4.59. The highest BCUT2D eigenvalue weighted by atomic mass is 16.6. The molecule has 3 aromatic carbocycles. The Balaban J connectivity index is 1.67. The first-order chi connectivity index (χ1) is 18.5. The summed E-state index contributed by atoms with van der Waals surface area (Å²) in [4.78, 5) is 26.3. The summed E-state index contributed by atoms with van der Waals surface area (Å²) in [6.07, 6.45) is -0.326. The summed E-state index contributed by atoms with van der Waals surface area (Å²) in [5, 5.41) is 4.16. The number of aromatic nitrogens is 1. The normalized spacial score (nSPS) is 10.6. The third kappa shape index (κ3) is 5.70. The van der Waals surface area contributed by atoms with Gasteiger partial charge in [0.15, 0.2) is 5.76 Å². The zero-order valence-electron chi connectivity index (χ0n) is 21.9. The molecule has 0 bridgehead atoms. The van der Waals surface area contributed by atoms with E-state index in [1.165, 1.54) is 4.90 Å². The van der Waals surface area contributed by atoms with Crippen LogP contribution < -0.4 is 9.64 Å². The second-order valence-corrected chi connectivity index (χ2v) is 8.41. The van der Waals surface area contributed by atoms with Crippen molar-refractivity contribution in [2.45, 2.75) is 27.2 Å². The van der Waals surface area contributed by atoms with Gasteiger partial charge in [0.05, 0.1) is 32.4 Å². The summed E-state index contributed by atoms with van der Waals surface area (Å²) in [5.74, 6) is 0.694. The zero-order valence-corrected chi connectivity index (χ0v) is 21.9. The number of benzene rings is 3. The maximum absolute atomic E-state index is 13.2. The van der Waals surface area contributed by atoms with E-state index in [2.05, 4.69) is 5.16 Å². The number of carbonyl (C=O) groups excluding carboxylic acids is 2. The van der Waals surface area contributed by atoms with Crippen molar-refractivity contribution in [1.29, 1.82) is 0 Å². The monoisotopic (exact) mass is 514 g/mol. The van der Waals surface area contributed by atoms with Gasteiger partial charge in [-0.15, -0.1) is 0 Å². The highest BCUT2D eigenvalue weighted by molar-refractivity contribution is 6.01. The maximum atomic E-state index is 13.2. The molecule has 4 aromatic rings. The molecular formula is C30H30N2O6. The van der Waals surface area contributed by atoms with E-state index in [1.54, 1.807) is 40.0 Å². The molecular weight excluding hydrogens is 484 g/mol. The Kier molecular flexibility index (Phi) is 8.43. The number of aryl methyl sites for hydroxylation is 1. The Labute approximate surface area is 221 Å². The molecule has 0 spiro atoms. The molecule has 0 radical (unpaired) electrons. The molecule has 0 saturated heterocycles. The summed E-state index contributed by atoms with van der Waals surface area (Å²) < 4.78 is 21.6. The number of carbonyl (C=O) groups is 2. The van der Waals surface area contributed by atoms with Crippen LogP contribution in [-0.4, -0.2) is 37.5 Å². The average molecular weight is 515 g/mol. The lowest BCUT2D eigenvalue weighted by molar-refractivity contribution is -0.142.